The van der Waals surface area contributed by atoms with Crippen LogP contribution in [-0.2, 0) is 0 Å². The molecule has 58 valence electrons. The van der Waals surface area contributed by atoms with Gasteiger partial charge in [0.25, 0.3) is 0 Å². The van der Waals surface area contributed by atoms with Gasteiger partial charge < -0.3 is 5.73 Å². The van der Waals surface area contributed by atoms with Crippen molar-refractivity contribution in [2.24, 2.45) is 0 Å². The molecule has 1 aliphatic carbocycles. The van der Waals surface area contributed by atoms with Crippen LogP contribution in [0, 0.1) is 0 Å². The second-order valence-corrected chi connectivity index (χ2v) is 3.59. The number of rotatable bonds is 1. The minimum absolute atomic E-state index is 0.543. The average molecular weight is 214 g/mol. The first-order valence-corrected chi connectivity index (χ1v) is 4.34. The van der Waals surface area contributed by atoms with Gasteiger partial charge in [0.2, 0.25) is 0 Å². The number of hydrogen-bond acceptors (Lipinski definition) is 3. The fourth-order valence-electron chi connectivity index (χ4n) is 0.933. The second-order valence-electron chi connectivity index (χ2n) is 2.74. The van der Waals surface area contributed by atoms with Gasteiger partial charge in [0.05, 0.1) is 4.47 Å². The van der Waals surface area contributed by atoms with Crippen molar-refractivity contribution in [3.8, 4) is 0 Å². The zero-order valence-corrected chi connectivity index (χ0v) is 7.50. The van der Waals surface area contributed by atoms with Gasteiger partial charge in [-0.3, -0.25) is 0 Å². The lowest BCUT2D eigenvalue weighted by Crippen LogP contribution is -1.98. The molecule has 0 bridgehead atoms. The monoisotopic (exact) mass is 213 g/mol. The third kappa shape index (κ3) is 1.35. The van der Waals surface area contributed by atoms with E-state index in [0.717, 1.165) is 10.3 Å². The van der Waals surface area contributed by atoms with E-state index in [2.05, 4.69) is 25.9 Å². The third-order valence-electron chi connectivity index (χ3n) is 1.73. The molecule has 2 N–H and O–H groups in total. The van der Waals surface area contributed by atoms with Crippen molar-refractivity contribution in [2.45, 2.75) is 18.8 Å². The standard InChI is InChI=1S/C7H8BrN3/c8-5-3-10-7(4-1-2-4)11-6(5)9/h3-4H,1-2H2,(H2,9,10,11). The lowest BCUT2D eigenvalue weighted by molar-refractivity contribution is 0.928. The molecule has 1 aliphatic rings. The Bertz CT molecular complexity index is 283. The SMILES string of the molecule is Nc1nc(C2CC2)ncc1Br. The van der Waals surface area contributed by atoms with Crippen molar-refractivity contribution in [1.29, 1.82) is 0 Å². The quantitative estimate of drug-likeness (QED) is 0.773. The molecule has 1 aromatic heterocycles. The summed E-state index contributed by atoms with van der Waals surface area (Å²) in [5, 5.41) is 0. The van der Waals surface area contributed by atoms with E-state index in [1.165, 1.54) is 12.8 Å². The predicted molar refractivity (Wildman–Crippen MR) is 46.1 cm³/mol. The molecule has 1 fully saturated rings. The van der Waals surface area contributed by atoms with Crippen molar-refractivity contribution in [2.75, 3.05) is 5.73 Å². The van der Waals surface area contributed by atoms with Crippen LogP contribution >= 0.6 is 15.9 Å². The van der Waals surface area contributed by atoms with Crippen molar-refractivity contribution >= 4 is 21.7 Å². The van der Waals surface area contributed by atoms with Crippen molar-refractivity contribution in [3.63, 3.8) is 0 Å². The van der Waals surface area contributed by atoms with Gasteiger partial charge in [0.1, 0.15) is 11.6 Å². The van der Waals surface area contributed by atoms with Crippen LogP contribution in [0.15, 0.2) is 10.7 Å². The Balaban J connectivity index is 2.36. The summed E-state index contributed by atoms with van der Waals surface area (Å²) in [5.74, 6) is 2.01. The van der Waals surface area contributed by atoms with Crippen molar-refractivity contribution in [1.82, 2.24) is 9.97 Å². The van der Waals surface area contributed by atoms with Crippen LogP contribution in [0.25, 0.3) is 0 Å². The van der Waals surface area contributed by atoms with E-state index in [1.54, 1.807) is 6.20 Å². The molecule has 11 heavy (non-hydrogen) atoms. The van der Waals surface area contributed by atoms with E-state index < -0.39 is 0 Å². The summed E-state index contributed by atoms with van der Waals surface area (Å²) in [5.41, 5.74) is 5.59. The highest BCUT2D eigenvalue weighted by molar-refractivity contribution is 9.10. The van der Waals surface area contributed by atoms with E-state index in [1.807, 2.05) is 0 Å². The highest BCUT2D eigenvalue weighted by atomic mass is 79.9. The van der Waals surface area contributed by atoms with Crippen LogP contribution in [0.4, 0.5) is 5.82 Å². The lowest BCUT2D eigenvalue weighted by Gasteiger charge is -1.98. The van der Waals surface area contributed by atoms with E-state index in [0.29, 0.717) is 11.7 Å². The van der Waals surface area contributed by atoms with Crippen LogP contribution in [0.1, 0.15) is 24.6 Å². The summed E-state index contributed by atoms with van der Waals surface area (Å²) in [6.07, 6.45) is 4.14. The Labute approximate surface area is 73.2 Å². The Morgan fingerprint density at radius 2 is 2.27 bits per heavy atom. The topological polar surface area (TPSA) is 51.8 Å². The van der Waals surface area contributed by atoms with Gasteiger partial charge in [-0.15, -0.1) is 0 Å². The minimum Gasteiger partial charge on any atom is -0.383 e. The van der Waals surface area contributed by atoms with Crippen molar-refractivity contribution in [3.05, 3.63) is 16.5 Å². The number of nitrogens with zero attached hydrogens (tertiary/aromatic N) is 2. The molecule has 3 nitrogen and oxygen atoms in total. The normalized spacial score (nSPS) is 16.8. The smallest absolute Gasteiger partial charge is 0.141 e. The van der Waals surface area contributed by atoms with Gasteiger partial charge in [0, 0.05) is 12.1 Å². The number of hydrogen-bond donors (Lipinski definition) is 1. The molecule has 0 spiro atoms. The van der Waals surface area contributed by atoms with Crippen LogP contribution in [0.3, 0.4) is 0 Å². The second kappa shape index (κ2) is 2.44. The predicted octanol–water partition coefficient (Wildman–Crippen LogP) is 1.70. The van der Waals surface area contributed by atoms with Gasteiger partial charge in [-0.1, -0.05) is 0 Å². The van der Waals surface area contributed by atoms with Gasteiger partial charge >= 0.3 is 0 Å². The van der Waals surface area contributed by atoms with Gasteiger partial charge in [-0.2, -0.15) is 0 Å². The molecule has 1 aromatic rings. The first kappa shape index (κ1) is 7.03. The third-order valence-corrected chi connectivity index (χ3v) is 2.34. The minimum atomic E-state index is 0.543. The zero-order chi connectivity index (χ0) is 7.84. The Hall–Kier alpha value is -0.640. The Morgan fingerprint density at radius 3 is 2.82 bits per heavy atom. The van der Waals surface area contributed by atoms with E-state index in [4.69, 9.17) is 5.73 Å². The molecule has 0 aromatic carbocycles. The fraction of sp³-hybridized carbons (Fsp3) is 0.429. The van der Waals surface area contributed by atoms with Crippen molar-refractivity contribution < 1.29 is 0 Å². The van der Waals surface area contributed by atoms with Crippen LogP contribution in [0.5, 0.6) is 0 Å². The molecule has 1 heterocycles. The molecule has 2 rings (SSSR count). The summed E-state index contributed by atoms with van der Waals surface area (Å²) in [6.45, 7) is 0. The molecule has 0 amide bonds. The average Bonchev–Trinajstić information content (AvgIpc) is 2.77. The summed E-state index contributed by atoms with van der Waals surface area (Å²) in [6, 6.07) is 0. The van der Waals surface area contributed by atoms with Gasteiger partial charge in [-0.05, 0) is 28.8 Å². The zero-order valence-electron chi connectivity index (χ0n) is 5.92. The van der Waals surface area contributed by atoms with Crippen LogP contribution < -0.4 is 5.73 Å². The van der Waals surface area contributed by atoms with Crippen LogP contribution in [-0.4, -0.2) is 9.97 Å². The number of nitrogen functional groups attached to an aromatic ring is 1. The molecule has 0 unspecified atom stereocenters. The number of aromatic nitrogens is 2. The van der Waals surface area contributed by atoms with Gasteiger partial charge in [-0.25, -0.2) is 9.97 Å². The van der Waals surface area contributed by atoms with E-state index in [9.17, 15) is 0 Å². The molecule has 0 atom stereocenters. The summed E-state index contributed by atoms with van der Waals surface area (Å²) in [4.78, 5) is 8.32. The Kier molecular flexibility index (Phi) is 1.56. The van der Waals surface area contributed by atoms with Crippen LogP contribution in [0.2, 0.25) is 0 Å². The van der Waals surface area contributed by atoms with E-state index >= 15 is 0 Å². The largest absolute Gasteiger partial charge is 0.383 e. The fourth-order valence-corrected chi connectivity index (χ4v) is 1.12. The maximum absolute atomic E-state index is 5.59. The first-order chi connectivity index (χ1) is 5.27. The summed E-state index contributed by atoms with van der Waals surface area (Å²) >= 11 is 3.25. The van der Waals surface area contributed by atoms with E-state index in [-0.39, 0.29) is 0 Å². The number of nitrogens with two attached hydrogens (primary N) is 1. The molecule has 0 aliphatic heterocycles. The Morgan fingerprint density at radius 1 is 1.55 bits per heavy atom. The molecule has 4 heteroatoms. The molecule has 1 saturated carbocycles. The molecule has 0 saturated heterocycles. The highest BCUT2D eigenvalue weighted by Gasteiger charge is 2.26. The maximum Gasteiger partial charge on any atom is 0.141 e. The number of anilines is 1. The molecular formula is C7H8BrN3. The first-order valence-electron chi connectivity index (χ1n) is 3.55. The number of halogens is 1. The summed E-state index contributed by atoms with van der Waals surface area (Å²) < 4.78 is 0.780. The lowest BCUT2D eigenvalue weighted by atomic mass is 10.4. The maximum atomic E-state index is 5.59. The highest BCUT2D eigenvalue weighted by Crippen LogP contribution is 2.38. The molecular weight excluding hydrogens is 206 g/mol. The molecule has 0 radical (unpaired) electrons. The van der Waals surface area contributed by atoms with Gasteiger partial charge in [0.15, 0.2) is 0 Å². The summed E-state index contributed by atoms with van der Waals surface area (Å²) in [7, 11) is 0.